The molecule has 1 amide bonds. The molecule has 0 saturated carbocycles. The second-order valence-electron chi connectivity index (χ2n) is 7.08. The maximum atomic E-state index is 12.2. The summed E-state index contributed by atoms with van der Waals surface area (Å²) in [5, 5.41) is 9.80. The topological polar surface area (TPSA) is 83.3 Å². The Kier molecular flexibility index (Phi) is 10.8. The average Bonchev–Trinajstić information content (AvgIpc) is 3.09. The SMILES string of the molecule is CCNC(=NCCCn1c(C)nc2ccccc21)NCCNC(=O)c1ccccc1Cl.I. The van der Waals surface area contributed by atoms with Crippen LogP contribution in [0.15, 0.2) is 53.5 Å². The summed E-state index contributed by atoms with van der Waals surface area (Å²) in [5.41, 5.74) is 2.66. The molecular formula is C23H30ClIN6O. The van der Waals surface area contributed by atoms with Crippen molar-refractivity contribution < 1.29 is 4.79 Å². The molecule has 172 valence electrons. The number of aromatic nitrogens is 2. The standard InChI is InChI=1S/C23H29ClN6O.HI/c1-3-25-23(28-15-14-26-22(31)18-9-4-5-10-19(18)24)27-13-8-16-30-17(2)29-20-11-6-7-12-21(20)30;/h4-7,9-12H,3,8,13-16H2,1-2H3,(H,26,31)(H2,25,27,28);1H. The zero-order valence-corrected chi connectivity index (χ0v) is 21.5. The summed E-state index contributed by atoms with van der Waals surface area (Å²) in [5.74, 6) is 1.57. The first kappa shape index (κ1) is 25.9. The quantitative estimate of drug-likeness (QED) is 0.158. The van der Waals surface area contributed by atoms with Crippen molar-refractivity contribution in [2.45, 2.75) is 26.8 Å². The average molecular weight is 569 g/mol. The van der Waals surface area contributed by atoms with Crippen molar-refractivity contribution in [1.82, 2.24) is 25.5 Å². The van der Waals surface area contributed by atoms with Gasteiger partial charge in [0, 0.05) is 32.7 Å². The number of aryl methyl sites for hydroxylation is 2. The molecule has 1 aromatic heterocycles. The Bertz CT molecular complexity index is 1050. The van der Waals surface area contributed by atoms with Gasteiger partial charge in [-0.1, -0.05) is 35.9 Å². The highest BCUT2D eigenvalue weighted by molar-refractivity contribution is 14.0. The predicted molar refractivity (Wildman–Crippen MR) is 142 cm³/mol. The van der Waals surface area contributed by atoms with Gasteiger partial charge in [0.15, 0.2) is 5.96 Å². The van der Waals surface area contributed by atoms with Gasteiger partial charge in [-0.2, -0.15) is 0 Å². The summed E-state index contributed by atoms with van der Waals surface area (Å²) in [6, 6.07) is 15.2. The number of hydrogen-bond acceptors (Lipinski definition) is 3. The van der Waals surface area contributed by atoms with Crippen LogP contribution >= 0.6 is 35.6 Å². The molecule has 3 rings (SSSR count). The molecule has 3 N–H and O–H groups in total. The van der Waals surface area contributed by atoms with Crippen LogP contribution in [0.4, 0.5) is 0 Å². The van der Waals surface area contributed by atoms with Gasteiger partial charge in [0.1, 0.15) is 5.82 Å². The largest absolute Gasteiger partial charge is 0.357 e. The van der Waals surface area contributed by atoms with E-state index in [-0.39, 0.29) is 29.9 Å². The Labute approximate surface area is 211 Å². The van der Waals surface area contributed by atoms with Gasteiger partial charge in [0.2, 0.25) is 0 Å². The van der Waals surface area contributed by atoms with Crippen molar-refractivity contribution in [3.05, 3.63) is 64.9 Å². The van der Waals surface area contributed by atoms with E-state index in [0.717, 1.165) is 42.3 Å². The third-order valence-electron chi connectivity index (χ3n) is 4.82. The fourth-order valence-electron chi connectivity index (χ4n) is 3.34. The van der Waals surface area contributed by atoms with Gasteiger partial charge in [0.25, 0.3) is 5.91 Å². The smallest absolute Gasteiger partial charge is 0.252 e. The maximum absolute atomic E-state index is 12.2. The van der Waals surface area contributed by atoms with Crippen LogP contribution < -0.4 is 16.0 Å². The molecular weight excluding hydrogens is 539 g/mol. The normalized spacial score (nSPS) is 11.2. The van der Waals surface area contributed by atoms with Crippen LogP contribution in [0.3, 0.4) is 0 Å². The van der Waals surface area contributed by atoms with E-state index in [1.54, 1.807) is 24.3 Å². The highest BCUT2D eigenvalue weighted by Crippen LogP contribution is 2.16. The lowest BCUT2D eigenvalue weighted by molar-refractivity contribution is 0.0954. The molecule has 3 aromatic rings. The lowest BCUT2D eigenvalue weighted by Crippen LogP contribution is -2.41. The number of amides is 1. The van der Waals surface area contributed by atoms with Gasteiger partial charge in [-0.15, -0.1) is 24.0 Å². The second-order valence-corrected chi connectivity index (χ2v) is 7.48. The Morgan fingerprint density at radius 3 is 2.56 bits per heavy atom. The van der Waals surface area contributed by atoms with Gasteiger partial charge in [-0.25, -0.2) is 4.98 Å². The van der Waals surface area contributed by atoms with E-state index in [0.29, 0.717) is 30.2 Å². The number of halogens is 2. The molecule has 0 atom stereocenters. The summed E-state index contributed by atoms with van der Waals surface area (Å²) in [6.07, 6.45) is 0.904. The van der Waals surface area contributed by atoms with Crippen molar-refractivity contribution in [2.75, 3.05) is 26.2 Å². The number of benzene rings is 2. The monoisotopic (exact) mass is 568 g/mol. The Balaban J connectivity index is 0.00000363. The Morgan fingerprint density at radius 2 is 1.78 bits per heavy atom. The van der Waals surface area contributed by atoms with E-state index >= 15 is 0 Å². The maximum Gasteiger partial charge on any atom is 0.252 e. The van der Waals surface area contributed by atoms with Crippen LogP contribution in [-0.2, 0) is 6.54 Å². The zero-order chi connectivity index (χ0) is 22.1. The molecule has 0 unspecified atom stereocenters. The molecule has 0 aliphatic heterocycles. The molecule has 7 nitrogen and oxygen atoms in total. The Hall–Kier alpha value is -2.33. The van der Waals surface area contributed by atoms with Crippen molar-refractivity contribution in [3.63, 3.8) is 0 Å². The zero-order valence-electron chi connectivity index (χ0n) is 18.4. The molecule has 0 spiro atoms. The number of fused-ring (bicyclic) bond motifs is 1. The van der Waals surface area contributed by atoms with Gasteiger partial charge in [0.05, 0.1) is 21.6 Å². The molecule has 0 aliphatic carbocycles. The number of nitrogens with one attached hydrogen (secondary N) is 3. The van der Waals surface area contributed by atoms with Crippen LogP contribution in [0, 0.1) is 6.92 Å². The number of guanidine groups is 1. The highest BCUT2D eigenvalue weighted by Gasteiger charge is 2.09. The lowest BCUT2D eigenvalue weighted by Gasteiger charge is -2.12. The number of carbonyl (C=O) groups excluding carboxylic acids is 1. The summed E-state index contributed by atoms with van der Waals surface area (Å²) in [4.78, 5) is 21.4. The molecule has 0 aliphatic rings. The van der Waals surface area contributed by atoms with E-state index in [4.69, 9.17) is 11.6 Å². The first-order valence-electron chi connectivity index (χ1n) is 10.6. The van der Waals surface area contributed by atoms with Crippen molar-refractivity contribution in [3.8, 4) is 0 Å². The van der Waals surface area contributed by atoms with Crippen LogP contribution in [0.2, 0.25) is 5.02 Å². The van der Waals surface area contributed by atoms with Gasteiger partial charge >= 0.3 is 0 Å². The minimum absolute atomic E-state index is 0. The summed E-state index contributed by atoms with van der Waals surface area (Å²) in [6.45, 7) is 7.41. The first-order valence-corrected chi connectivity index (χ1v) is 10.9. The van der Waals surface area contributed by atoms with E-state index < -0.39 is 0 Å². The number of carbonyl (C=O) groups is 1. The summed E-state index contributed by atoms with van der Waals surface area (Å²) in [7, 11) is 0. The molecule has 1 heterocycles. The molecule has 9 heteroatoms. The number of imidazole rings is 1. The number of rotatable bonds is 9. The van der Waals surface area contributed by atoms with E-state index in [1.807, 2.05) is 32.0 Å². The molecule has 0 bridgehead atoms. The molecule has 0 saturated heterocycles. The van der Waals surface area contributed by atoms with Gasteiger partial charge in [-0.3, -0.25) is 9.79 Å². The minimum Gasteiger partial charge on any atom is -0.357 e. The van der Waals surface area contributed by atoms with Crippen LogP contribution in [0.25, 0.3) is 11.0 Å². The molecule has 0 fully saturated rings. The lowest BCUT2D eigenvalue weighted by atomic mass is 10.2. The van der Waals surface area contributed by atoms with Gasteiger partial charge < -0.3 is 20.5 Å². The summed E-state index contributed by atoms with van der Waals surface area (Å²) < 4.78 is 2.23. The first-order chi connectivity index (χ1) is 15.1. The second kappa shape index (κ2) is 13.3. The molecule has 2 aromatic carbocycles. The third-order valence-corrected chi connectivity index (χ3v) is 5.15. The highest BCUT2D eigenvalue weighted by atomic mass is 127. The molecule has 0 radical (unpaired) electrons. The van der Waals surface area contributed by atoms with E-state index in [9.17, 15) is 4.79 Å². The van der Waals surface area contributed by atoms with E-state index in [2.05, 4.69) is 36.6 Å². The number of nitrogens with zero attached hydrogens (tertiary/aromatic N) is 3. The van der Waals surface area contributed by atoms with Crippen molar-refractivity contribution in [2.24, 2.45) is 4.99 Å². The Morgan fingerprint density at radius 1 is 1.06 bits per heavy atom. The van der Waals surface area contributed by atoms with E-state index in [1.165, 1.54) is 0 Å². The summed E-state index contributed by atoms with van der Waals surface area (Å²) >= 11 is 6.06. The number of hydrogen-bond donors (Lipinski definition) is 3. The van der Waals surface area contributed by atoms with Crippen molar-refractivity contribution >= 4 is 58.5 Å². The number of aliphatic imine (C=N–C) groups is 1. The van der Waals surface area contributed by atoms with Crippen LogP contribution in [-0.4, -0.2) is 47.6 Å². The van der Waals surface area contributed by atoms with Crippen LogP contribution in [0.1, 0.15) is 29.5 Å². The number of para-hydroxylation sites is 2. The van der Waals surface area contributed by atoms with Gasteiger partial charge in [-0.05, 0) is 44.5 Å². The molecule has 32 heavy (non-hydrogen) atoms. The van der Waals surface area contributed by atoms with Crippen LogP contribution in [0.5, 0.6) is 0 Å². The van der Waals surface area contributed by atoms with Crippen molar-refractivity contribution in [1.29, 1.82) is 0 Å². The minimum atomic E-state index is -0.183. The predicted octanol–water partition coefficient (Wildman–Crippen LogP) is 3.99. The third kappa shape index (κ3) is 7.09. The fraction of sp³-hybridized carbons (Fsp3) is 0.348. The fourth-order valence-corrected chi connectivity index (χ4v) is 3.56.